The summed E-state index contributed by atoms with van der Waals surface area (Å²) >= 11 is 0. The Morgan fingerprint density at radius 2 is 1.65 bits per heavy atom. The van der Waals surface area contributed by atoms with Crippen molar-refractivity contribution in [2.75, 3.05) is 11.5 Å². The molecule has 0 aromatic heterocycles. The second-order valence-electron chi connectivity index (χ2n) is 5.59. The van der Waals surface area contributed by atoms with Gasteiger partial charge in [0.1, 0.15) is 0 Å². The van der Waals surface area contributed by atoms with E-state index in [9.17, 15) is 9.00 Å². The lowest BCUT2D eigenvalue weighted by Gasteiger charge is -2.28. The summed E-state index contributed by atoms with van der Waals surface area (Å²) in [5.41, 5.74) is 0. The maximum atomic E-state index is 12.1. The number of hydrogen-bond acceptors (Lipinski definition) is 2. The number of hydrogen-bond donors (Lipinski definition) is 1. The minimum absolute atomic E-state index is 0.235. The summed E-state index contributed by atoms with van der Waals surface area (Å²) in [4.78, 5) is 12.1. The van der Waals surface area contributed by atoms with Gasteiger partial charge in [-0.3, -0.25) is 9.00 Å². The van der Waals surface area contributed by atoms with E-state index < -0.39 is 10.8 Å². The van der Waals surface area contributed by atoms with Crippen molar-refractivity contribution in [1.82, 2.24) is 5.32 Å². The third-order valence-electron chi connectivity index (χ3n) is 4.12. The van der Waals surface area contributed by atoms with Crippen LogP contribution in [0.4, 0.5) is 0 Å². The van der Waals surface area contributed by atoms with Gasteiger partial charge in [-0.05, 0) is 44.4 Å². The van der Waals surface area contributed by atoms with Gasteiger partial charge < -0.3 is 5.32 Å². The van der Waals surface area contributed by atoms with Gasteiger partial charge in [0.2, 0.25) is 5.91 Å². The van der Waals surface area contributed by atoms with Crippen molar-refractivity contribution in [3.05, 3.63) is 0 Å². The van der Waals surface area contributed by atoms with Gasteiger partial charge in [-0.2, -0.15) is 0 Å². The Kier molecular flexibility index (Phi) is 4.60. The van der Waals surface area contributed by atoms with Crippen molar-refractivity contribution in [2.24, 2.45) is 11.8 Å². The molecule has 1 amide bonds. The van der Waals surface area contributed by atoms with Crippen LogP contribution in [0.15, 0.2) is 0 Å². The second-order valence-corrected chi connectivity index (χ2v) is 7.28. The van der Waals surface area contributed by atoms with Crippen LogP contribution in [0.2, 0.25) is 0 Å². The Hall–Kier alpha value is -0.380. The quantitative estimate of drug-likeness (QED) is 0.820. The minimum Gasteiger partial charge on any atom is -0.353 e. The zero-order valence-electron chi connectivity index (χ0n) is 10.6. The molecule has 0 spiro atoms. The molecule has 0 radical (unpaired) electrons. The van der Waals surface area contributed by atoms with Crippen molar-refractivity contribution in [2.45, 2.75) is 51.5 Å². The predicted octanol–water partition coefficient (Wildman–Crippen LogP) is 1.84. The lowest BCUT2D eigenvalue weighted by molar-refractivity contribution is -0.126. The minimum atomic E-state index is -0.637. The summed E-state index contributed by atoms with van der Waals surface area (Å²) in [6.07, 6.45) is 6.25. The number of carbonyl (C=O) groups excluding carboxylic acids is 1. The highest BCUT2D eigenvalue weighted by atomic mass is 32.2. The molecular weight excluding hydrogens is 234 g/mol. The molecule has 98 valence electrons. The fourth-order valence-electron chi connectivity index (χ4n) is 2.78. The summed E-state index contributed by atoms with van der Waals surface area (Å²) < 4.78 is 11.2. The topological polar surface area (TPSA) is 46.2 Å². The smallest absolute Gasteiger partial charge is 0.223 e. The van der Waals surface area contributed by atoms with E-state index in [-0.39, 0.29) is 17.9 Å². The summed E-state index contributed by atoms with van der Waals surface area (Å²) in [7, 11) is -0.637. The zero-order valence-corrected chi connectivity index (χ0v) is 11.4. The molecule has 1 saturated carbocycles. The fraction of sp³-hybridized carbons (Fsp3) is 0.923. The molecule has 0 aromatic rings. The zero-order chi connectivity index (χ0) is 12.3. The lowest BCUT2D eigenvalue weighted by atomic mass is 9.82. The van der Waals surface area contributed by atoms with Crippen LogP contribution in [0.3, 0.4) is 0 Å². The van der Waals surface area contributed by atoms with Crippen LogP contribution in [0.25, 0.3) is 0 Å². The molecule has 3 nitrogen and oxygen atoms in total. The monoisotopic (exact) mass is 257 g/mol. The number of carbonyl (C=O) groups is 1. The SMILES string of the molecule is CC1CCC(C(=O)NC2CCS(=O)CC2)CC1. The van der Waals surface area contributed by atoms with E-state index in [4.69, 9.17) is 0 Å². The van der Waals surface area contributed by atoms with E-state index in [1.807, 2.05) is 0 Å². The molecular formula is C13H23NO2S. The van der Waals surface area contributed by atoms with Crippen LogP contribution in [-0.4, -0.2) is 27.7 Å². The summed E-state index contributed by atoms with van der Waals surface area (Å²) in [6, 6.07) is 0.277. The normalized spacial score (nSPS) is 38.6. The Bertz CT molecular complexity index is 288. The standard InChI is InChI=1S/C13H23NO2S/c1-10-2-4-11(5-3-10)13(15)14-12-6-8-17(16)9-7-12/h10-12H,2-9H2,1H3,(H,14,15). The molecule has 17 heavy (non-hydrogen) atoms. The molecule has 0 atom stereocenters. The Balaban J connectivity index is 1.75. The van der Waals surface area contributed by atoms with E-state index in [0.717, 1.165) is 43.1 Å². The van der Waals surface area contributed by atoms with Crippen LogP contribution in [-0.2, 0) is 15.6 Å². The van der Waals surface area contributed by atoms with Crippen LogP contribution >= 0.6 is 0 Å². The molecule has 0 bridgehead atoms. The molecule has 2 rings (SSSR count). The van der Waals surface area contributed by atoms with Gasteiger partial charge in [0, 0.05) is 34.3 Å². The van der Waals surface area contributed by atoms with Crippen molar-refractivity contribution in [3.8, 4) is 0 Å². The van der Waals surface area contributed by atoms with Crippen molar-refractivity contribution in [1.29, 1.82) is 0 Å². The first-order valence-electron chi connectivity index (χ1n) is 6.80. The summed E-state index contributed by atoms with van der Waals surface area (Å²) in [5, 5.41) is 3.15. The average molecular weight is 257 g/mol. The number of nitrogens with one attached hydrogen (secondary N) is 1. The summed E-state index contributed by atoms with van der Waals surface area (Å²) in [5.74, 6) is 2.78. The predicted molar refractivity (Wildman–Crippen MR) is 70.2 cm³/mol. The molecule has 4 heteroatoms. The fourth-order valence-corrected chi connectivity index (χ4v) is 4.08. The molecule has 1 N–H and O–H groups in total. The molecule has 1 aliphatic heterocycles. The van der Waals surface area contributed by atoms with Crippen LogP contribution in [0, 0.1) is 11.8 Å². The van der Waals surface area contributed by atoms with Gasteiger partial charge in [0.25, 0.3) is 0 Å². The molecule has 0 unspecified atom stereocenters. The highest BCUT2D eigenvalue weighted by Crippen LogP contribution is 2.28. The van der Waals surface area contributed by atoms with Crippen molar-refractivity contribution in [3.63, 3.8) is 0 Å². The van der Waals surface area contributed by atoms with Crippen LogP contribution < -0.4 is 5.32 Å². The van der Waals surface area contributed by atoms with E-state index in [1.54, 1.807) is 0 Å². The van der Waals surface area contributed by atoms with Crippen molar-refractivity contribution < 1.29 is 9.00 Å². The Morgan fingerprint density at radius 1 is 1.06 bits per heavy atom. The van der Waals surface area contributed by atoms with E-state index >= 15 is 0 Å². The molecule has 0 aromatic carbocycles. The maximum Gasteiger partial charge on any atom is 0.223 e. The van der Waals surface area contributed by atoms with Gasteiger partial charge in [0.05, 0.1) is 0 Å². The lowest BCUT2D eigenvalue weighted by Crippen LogP contribution is -2.43. The van der Waals surface area contributed by atoms with E-state index in [2.05, 4.69) is 12.2 Å². The molecule has 2 fully saturated rings. The third-order valence-corrected chi connectivity index (χ3v) is 5.50. The first kappa shape index (κ1) is 13.1. The average Bonchev–Trinajstić information content (AvgIpc) is 2.33. The third kappa shape index (κ3) is 3.80. The second kappa shape index (κ2) is 5.98. The molecule has 1 aliphatic carbocycles. The molecule has 1 saturated heterocycles. The van der Waals surface area contributed by atoms with E-state index in [1.165, 1.54) is 12.8 Å². The Labute approximate surface area is 106 Å². The Morgan fingerprint density at radius 3 is 2.24 bits per heavy atom. The van der Waals surface area contributed by atoms with Crippen LogP contribution in [0.1, 0.15) is 45.4 Å². The van der Waals surface area contributed by atoms with Gasteiger partial charge in [-0.1, -0.05) is 6.92 Å². The van der Waals surface area contributed by atoms with Crippen LogP contribution in [0.5, 0.6) is 0 Å². The highest BCUT2D eigenvalue weighted by molar-refractivity contribution is 7.85. The summed E-state index contributed by atoms with van der Waals surface area (Å²) in [6.45, 7) is 2.27. The van der Waals surface area contributed by atoms with Gasteiger partial charge >= 0.3 is 0 Å². The van der Waals surface area contributed by atoms with Crippen molar-refractivity contribution >= 4 is 16.7 Å². The number of rotatable bonds is 2. The van der Waals surface area contributed by atoms with Gasteiger partial charge in [-0.15, -0.1) is 0 Å². The van der Waals surface area contributed by atoms with Gasteiger partial charge in [0.15, 0.2) is 0 Å². The number of amides is 1. The maximum absolute atomic E-state index is 12.1. The molecule has 2 aliphatic rings. The molecule has 1 heterocycles. The highest BCUT2D eigenvalue weighted by Gasteiger charge is 2.27. The van der Waals surface area contributed by atoms with Gasteiger partial charge in [-0.25, -0.2) is 0 Å². The largest absolute Gasteiger partial charge is 0.353 e. The van der Waals surface area contributed by atoms with E-state index in [0.29, 0.717) is 0 Å². The first-order chi connectivity index (χ1) is 8.15. The first-order valence-corrected chi connectivity index (χ1v) is 8.29.